The van der Waals surface area contributed by atoms with Crippen molar-refractivity contribution in [3.05, 3.63) is 59.8 Å². The predicted molar refractivity (Wildman–Crippen MR) is 76.0 cm³/mol. The molecule has 1 saturated heterocycles. The Balaban J connectivity index is 1.93. The molecule has 1 aliphatic rings. The molecule has 0 saturated carbocycles. The van der Waals surface area contributed by atoms with Gasteiger partial charge >= 0.3 is 0 Å². The lowest BCUT2D eigenvalue weighted by molar-refractivity contribution is 0.216. The van der Waals surface area contributed by atoms with Gasteiger partial charge in [0.15, 0.2) is 0 Å². The van der Waals surface area contributed by atoms with Crippen LogP contribution in [0.1, 0.15) is 23.8 Å². The van der Waals surface area contributed by atoms with E-state index in [0.29, 0.717) is 0 Å². The predicted octanol–water partition coefficient (Wildman–Crippen LogP) is 2.80. The highest BCUT2D eigenvalue weighted by Crippen LogP contribution is 2.29. The quantitative estimate of drug-likeness (QED) is 0.933. The molecule has 4 heteroatoms. The Kier molecular flexibility index (Phi) is 4.14. The van der Waals surface area contributed by atoms with Gasteiger partial charge in [0.25, 0.3) is 0 Å². The lowest BCUT2D eigenvalue weighted by Gasteiger charge is -2.29. The van der Waals surface area contributed by atoms with Crippen LogP contribution in [0, 0.1) is 5.82 Å². The van der Waals surface area contributed by atoms with Crippen LogP contribution in [-0.4, -0.2) is 31.1 Å². The highest BCUT2D eigenvalue weighted by molar-refractivity contribution is 5.27. The summed E-state index contributed by atoms with van der Waals surface area (Å²) < 4.78 is 18.8. The van der Waals surface area contributed by atoms with Gasteiger partial charge in [-0.15, -0.1) is 0 Å². The number of nitrogens with one attached hydrogen (secondary N) is 1. The molecule has 0 amide bonds. The average Bonchev–Trinajstić information content (AvgIpc) is 2.85. The van der Waals surface area contributed by atoms with Crippen LogP contribution < -0.4 is 5.32 Å². The third-order valence-electron chi connectivity index (χ3n) is 3.74. The average molecular weight is 274 g/mol. The molecule has 20 heavy (non-hydrogen) atoms. The Morgan fingerprint density at radius 1 is 1.10 bits per heavy atom. The zero-order chi connectivity index (χ0) is 13.8. The smallest absolute Gasteiger partial charge is 0.125 e. The Bertz CT molecular complexity index is 516. The molecule has 0 aliphatic carbocycles. The van der Waals surface area contributed by atoms with E-state index in [4.69, 9.17) is 4.42 Å². The summed E-state index contributed by atoms with van der Waals surface area (Å²) in [6.45, 7) is 3.99. The monoisotopic (exact) mass is 274 g/mol. The number of halogens is 1. The molecule has 1 atom stereocenters. The Morgan fingerprint density at radius 2 is 1.95 bits per heavy atom. The molecule has 3 rings (SSSR count). The molecular formula is C16H19FN2O. The maximum atomic E-state index is 13.2. The van der Waals surface area contributed by atoms with E-state index in [-0.39, 0.29) is 11.9 Å². The fourth-order valence-electron chi connectivity index (χ4n) is 2.77. The molecule has 106 valence electrons. The molecule has 0 spiro atoms. The second kappa shape index (κ2) is 6.20. The topological polar surface area (TPSA) is 28.4 Å². The third kappa shape index (κ3) is 2.92. The van der Waals surface area contributed by atoms with Crippen molar-refractivity contribution in [3.8, 4) is 0 Å². The molecule has 2 aromatic rings. The summed E-state index contributed by atoms with van der Waals surface area (Å²) in [4.78, 5) is 2.39. The minimum atomic E-state index is -0.204. The SMILES string of the molecule is Fc1ccc(C(c2ccco2)N2CCCNCC2)cc1. The van der Waals surface area contributed by atoms with Crippen molar-refractivity contribution in [1.82, 2.24) is 10.2 Å². The second-order valence-corrected chi connectivity index (χ2v) is 5.11. The Labute approximate surface area is 118 Å². The summed E-state index contributed by atoms with van der Waals surface area (Å²) in [5.41, 5.74) is 1.07. The van der Waals surface area contributed by atoms with Gasteiger partial charge < -0.3 is 9.73 Å². The van der Waals surface area contributed by atoms with E-state index in [1.807, 2.05) is 24.3 Å². The molecule has 1 aliphatic heterocycles. The summed E-state index contributed by atoms with van der Waals surface area (Å²) in [7, 11) is 0. The van der Waals surface area contributed by atoms with Crippen LogP contribution >= 0.6 is 0 Å². The molecule has 1 unspecified atom stereocenters. The van der Waals surface area contributed by atoms with Crippen LogP contribution in [0.2, 0.25) is 0 Å². The first-order valence-electron chi connectivity index (χ1n) is 7.08. The van der Waals surface area contributed by atoms with Crippen LogP contribution in [0.4, 0.5) is 4.39 Å². The highest BCUT2D eigenvalue weighted by atomic mass is 19.1. The van der Waals surface area contributed by atoms with E-state index in [9.17, 15) is 4.39 Å². The van der Waals surface area contributed by atoms with Gasteiger partial charge in [-0.1, -0.05) is 12.1 Å². The van der Waals surface area contributed by atoms with E-state index in [0.717, 1.165) is 43.9 Å². The first-order valence-corrected chi connectivity index (χ1v) is 7.08. The number of furan rings is 1. The van der Waals surface area contributed by atoms with Crippen LogP contribution in [0.3, 0.4) is 0 Å². The van der Waals surface area contributed by atoms with Gasteiger partial charge in [-0.3, -0.25) is 4.90 Å². The lowest BCUT2D eigenvalue weighted by atomic mass is 10.0. The molecule has 1 fully saturated rings. The van der Waals surface area contributed by atoms with Crippen molar-refractivity contribution in [2.45, 2.75) is 12.5 Å². The number of rotatable bonds is 3. The van der Waals surface area contributed by atoms with E-state index in [1.165, 1.54) is 12.1 Å². The Hall–Kier alpha value is -1.65. The molecule has 2 heterocycles. The summed E-state index contributed by atoms with van der Waals surface area (Å²) in [5.74, 6) is 0.711. The van der Waals surface area contributed by atoms with Gasteiger partial charge in [-0.2, -0.15) is 0 Å². The molecule has 0 radical (unpaired) electrons. The highest BCUT2D eigenvalue weighted by Gasteiger charge is 2.25. The maximum absolute atomic E-state index is 13.2. The zero-order valence-electron chi connectivity index (χ0n) is 11.4. The summed E-state index contributed by atoms with van der Waals surface area (Å²) in [6.07, 6.45) is 2.81. The number of nitrogens with zero attached hydrogens (tertiary/aromatic N) is 1. The molecule has 1 N–H and O–H groups in total. The number of benzene rings is 1. The number of hydrogen-bond donors (Lipinski definition) is 1. The minimum Gasteiger partial charge on any atom is -0.467 e. The van der Waals surface area contributed by atoms with Gasteiger partial charge in [0.2, 0.25) is 0 Å². The summed E-state index contributed by atoms with van der Waals surface area (Å²) in [5, 5.41) is 3.41. The molecule has 0 bridgehead atoms. The van der Waals surface area contributed by atoms with Crippen LogP contribution in [-0.2, 0) is 0 Å². The van der Waals surface area contributed by atoms with Crippen molar-refractivity contribution in [1.29, 1.82) is 0 Å². The second-order valence-electron chi connectivity index (χ2n) is 5.11. The van der Waals surface area contributed by atoms with Gasteiger partial charge in [-0.05, 0) is 42.8 Å². The molecular weight excluding hydrogens is 255 g/mol. The van der Waals surface area contributed by atoms with Crippen molar-refractivity contribution in [2.24, 2.45) is 0 Å². The summed E-state index contributed by atoms with van der Waals surface area (Å²) >= 11 is 0. The number of hydrogen-bond acceptors (Lipinski definition) is 3. The van der Waals surface area contributed by atoms with Crippen molar-refractivity contribution >= 4 is 0 Å². The normalized spacial score (nSPS) is 18.6. The van der Waals surface area contributed by atoms with E-state index in [1.54, 1.807) is 6.26 Å². The van der Waals surface area contributed by atoms with Crippen LogP contribution in [0.5, 0.6) is 0 Å². The first kappa shape index (κ1) is 13.3. The van der Waals surface area contributed by atoms with E-state index >= 15 is 0 Å². The summed E-state index contributed by atoms with van der Waals surface area (Å²) in [6, 6.07) is 10.7. The van der Waals surface area contributed by atoms with Crippen molar-refractivity contribution in [3.63, 3.8) is 0 Å². The Morgan fingerprint density at radius 3 is 2.70 bits per heavy atom. The fourth-order valence-corrected chi connectivity index (χ4v) is 2.77. The zero-order valence-corrected chi connectivity index (χ0v) is 11.4. The standard InChI is InChI=1S/C16H19FN2O/c17-14-6-4-13(5-7-14)16(15-3-1-12-20-15)19-10-2-8-18-9-11-19/h1,3-7,12,16,18H,2,8-11H2. The van der Waals surface area contributed by atoms with Crippen molar-refractivity contribution in [2.75, 3.05) is 26.2 Å². The third-order valence-corrected chi connectivity index (χ3v) is 3.74. The molecule has 1 aromatic heterocycles. The first-order chi connectivity index (χ1) is 9.84. The van der Waals surface area contributed by atoms with Gasteiger partial charge in [0.05, 0.1) is 12.3 Å². The van der Waals surface area contributed by atoms with Crippen LogP contribution in [0.25, 0.3) is 0 Å². The maximum Gasteiger partial charge on any atom is 0.125 e. The van der Waals surface area contributed by atoms with Gasteiger partial charge in [0, 0.05) is 19.6 Å². The van der Waals surface area contributed by atoms with Crippen molar-refractivity contribution < 1.29 is 8.81 Å². The molecule has 3 nitrogen and oxygen atoms in total. The van der Waals surface area contributed by atoms with Gasteiger partial charge in [-0.25, -0.2) is 4.39 Å². The lowest BCUT2D eigenvalue weighted by Crippen LogP contribution is -2.32. The van der Waals surface area contributed by atoms with Gasteiger partial charge in [0.1, 0.15) is 11.6 Å². The fraction of sp³-hybridized carbons (Fsp3) is 0.375. The van der Waals surface area contributed by atoms with E-state index in [2.05, 4.69) is 10.2 Å². The minimum absolute atomic E-state index is 0.0606. The van der Waals surface area contributed by atoms with Crippen LogP contribution in [0.15, 0.2) is 47.1 Å². The largest absolute Gasteiger partial charge is 0.467 e. The molecule has 1 aromatic carbocycles. The van der Waals surface area contributed by atoms with E-state index < -0.39 is 0 Å².